The minimum atomic E-state index is -0.138. The van der Waals surface area contributed by atoms with Crippen molar-refractivity contribution in [3.8, 4) is 0 Å². The molecule has 88 valence electrons. The fourth-order valence-electron chi connectivity index (χ4n) is 3.00. The van der Waals surface area contributed by atoms with Gasteiger partial charge in [0, 0.05) is 23.3 Å². The first-order valence-corrected chi connectivity index (χ1v) is 6.42. The van der Waals surface area contributed by atoms with E-state index in [0.29, 0.717) is 0 Å². The normalized spacial score (nSPS) is 19.4. The van der Waals surface area contributed by atoms with Gasteiger partial charge in [0.05, 0.1) is 0 Å². The highest BCUT2D eigenvalue weighted by Gasteiger charge is 2.30. The van der Waals surface area contributed by atoms with Crippen molar-refractivity contribution in [1.29, 1.82) is 0 Å². The Morgan fingerprint density at radius 3 is 2.71 bits per heavy atom. The van der Waals surface area contributed by atoms with E-state index in [4.69, 9.17) is 5.73 Å². The van der Waals surface area contributed by atoms with Crippen molar-refractivity contribution in [1.82, 2.24) is 4.98 Å². The van der Waals surface area contributed by atoms with E-state index in [2.05, 4.69) is 29.2 Å². The highest BCUT2D eigenvalue weighted by molar-refractivity contribution is 5.85. The van der Waals surface area contributed by atoms with Crippen LogP contribution < -0.4 is 5.73 Å². The third-order valence-electron chi connectivity index (χ3n) is 3.97. The number of pyridine rings is 1. The maximum Gasteiger partial charge on any atom is 0.0416 e. The molecule has 1 aliphatic carbocycles. The van der Waals surface area contributed by atoms with Crippen LogP contribution >= 0.6 is 0 Å². The topological polar surface area (TPSA) is 38.9 Å². The molecule has 0 atom stereocenters. The van der Waals surface area contributed by atoms with E-state index in [9.17, 15) is 0 Å². The number of hydrogen-bond acceptors (Lipinski definition) is 2. The van der Waals surface area contributed by atoms with Gasteiger partial charge in [-0.3, -0.25) is 4.98 Å². The first-order valence-electron chi connectivity index (χ1n) is 6.42. The predicted octanol–water partition coefficient (Wildman–Crippen LogP) is 3.35. The van der Waals surface area contributed by atoms with Crippen LogP contribution in [-0.2, 0) is 5.54 Å². The van der Waals surface area contributed by atoms with Crippen LogP contribution in [0.1, 0.15) is 37.7 Å². The molecule has 0 saturated heterocycles. The highest BCUT2D eigenvalue weighted by atomic mass is 14.7. The third-order valence-corrected chi connectivity index (χ3v) is 3.97. The molecule has 0 spiro atoms. The fraction of sp³-hybridized carbons (Fsp3) is 0.400. The molecule has 1 heterocycles. The highest BCUT2D eigenvalue weighted by Crippen LogP contribution is 2.37. The minimum absolute atomic E-state index is 0.138. The average Bonchev–Trinajstić information content (AvgIpc) is 2.39. The molecule has 0 bridgehead atoms. The number of aromatic nitrogens is 1. The summed E-state index contributed by atoms with van der Waals surface area (Å²) < 4.78 is 0. The molecule has 2 heteroatoms. The number of nitrogens with two attached hydrogens (primary N) is 1. The number of fused-ring (bicyclic) bond motifs is 1. The van der Waals surface area contributed by atoms with Crippen molar-refractivity contribution in [2.24, 2.45) is 5.73 Å². The van der Waals surface area contributed by atoms with Gasteiger partial charge in [0.25, 0.3) is 0 Å². The first kappa shape index (κ1) is 10.7. The smallest absolute Gasteiger partial charge is 0.0416 e. The molecule has 2 nitrogen and oxygen atoms in total. The van der Waals surface area contributed by atoms with Crippen LogP contribution in [0.4, 0.5) is 0 Å². The molecule has 17 heavy (non-hydrogen) atoms. The summed E-state index contributed by atoms with van der Waals surface area (Å²) in [6.07, 6.45) is 9.80. The van der Waals surface area contributed by atoms with Crippen LogP contribution in [0.5, 0.6) is 0 Å². The van der Waals surface area contributed by atoms with E-state index < -0.39 is 0 Å². The quantitative estimate of drug-likeness (QED) is 0.809. The van der Waals surface area contributed by atoms with Gasteiger partial charge in [-0.1, -0.05) is 37.5 Å². The van der Waals surface area contributed by atoms with E-state index in [1.54, 1.807) is 0 Å². The number of nitrogens with zero attached hydrogens (tertiary/aromatic N) is 1. The Kier molecular flexibility index (Phi) is 2.60. The van der Waals surface area contributed by atoms with E-state index in [1.165, 1.54) is 35.6 Å². The standard InChI is InChI=1S/C15H18N2/c16-15(8-2-1-3-9-15)14-6-4-5-12-7-10-17-11-13(12)14/h4-7,10-11H,1-3,8-9,16H2. The molecule has 0 aliphatic heterocycles. The van der Waals surface area contributed by atoms with Gasteiger partial charge in [0.15, 0.2) is 0 Å². The van der Waals surface area contributed by atoms with Gasteiger partial charge >= 0.3 is 0 Å². The average molecular weight is 226 g/mol. The monoisotopic (exact) mass is 226 g/mol. The third kappa shape index (κ3) is 1.83. The second-order valence-corrected chi connectivity index (χ2v) is 5.12. The molecule has 2 N–H and O–H groups in total. The predicted molar refractivity (Wildman–Crippen MR) is 70.7 cm³/mol. The molecular formula is C15H18N2. The summed E-state index contributed by atoms with van der Waals surface area (Å²) >= 11 is 0. The molecule has 0 radical (unpaired) electrons. The van der Waals surface area contributed by atoms with Crippen LogP contribution in [0.25, 0.3) is 10.8 Å². The van der Waals surface area contributed by atoms with E-state index in [0.717, 1.165) is 12.8 Å². The molecule has 1 aliphatic rings. The Hall–Kier alpha value is -1.41. The second-order valence-electron chi connectivity index (χ2n) is 5.12. The minimum Gasteiger partial charge on any atom is -0.321 e. The maximum atomic E-state index is 6.62. The first-order chi connectivity index (χ1) is 8.30. The lowest BCUT2D eigenvalue weighted by atomic mass is 9.76. The van der Waals surface area contributed by atoms with Gasteiger partial charge in [-0.2, -0.15) is 0 Å². The Morgan fingerprint density at radius 1 is 1.06 bits per heavy atom. The molecule has 0 unspecified atom stereocenters. The molecule has 2 aromatic rings. The van der Waals surface area contributed by atoms with Crippen molar-refractivity contribution in [2.45, 2.75) is 37.6 Å². The zero-order valence-electron chi connectivity index (χ0n) is 10.0. The van der Waals surface area contributed by atoms with Crippen LogP contribution in [0.2, 0.25) is 0 Å². The van der Waals surface area contributed by atoms with Crippen molar-refractivity contribution >= 4 is 10.8 Å². The zero-order valence-corrected chi connectivity index (χ0v) is 10.0. The summed E-state index contributed by atoms with van der Waals surface area (Å²) in [6, 6.07) is 8.48. The van der Waals surface area contributed by atoms with Crippen LogP contribution in [-0.4, -0.2) is 4.98 Å². The molecular weight excluding hydrogens is 208 g/mol. The van der Waals surface area contributed by atoms with Crippen LogP contribution in [0.3, 0.4) is 0 Å². The maximum absolute atomic E-state index is 6.62. The van der Waals surface area contributed by atoms with Gasteiger partial charge in [-0.05, 0) is 29.9 Å². The van der Waals surface area contributed by atoms with E-state index in [1.807, 2.05) is 12.4 Å². The summed E-state index contributed by atoms with van der Waals surface area (Å²) in [7, 11) is 0. The second kappa shape index (κ2) is 4.11. The fourth-order valence-corrected chi connectivity index (χ4v) is 3.00. The molecule has 1 aromatic carbocycles. The van der Waals surface area contributed by atoms with Gasteiger partial charge < -0.3 is 5.73 Å². The Morgan fingerprint density at radius 2 is 1.88 bits per heavy atom. The van der Waals surface area contributed by atoms with Gasteiger partial charge in [0.2, 0.25) is 0 Å². The lowest BCUT2D eigenvalue weighted by Gasteiger charge is -2.34. The van der Waals surface area contributed by atoms with Crippen molar-refractivity contribution < 1.29 is 0 Å². The van der Waals surface area contributed by atoms with Crippen LogP contribution in [0.15, 0.2) is 36.7 Å². The molecule has 1 aromatic heterocycles. The van der Waals surface area contributed by atoms with E-state index >= 15 is 0 Å². The summed E-state index contributed by atoms with van der Waals surface area (Å²) in [5.74, 6) is 0. The number of benzene rings is 1. The summed E-state index contributed by atoms with van der Waals surface area (Å²) in [4.78, 5) is 4.24. The summed E-state index contributed by atoms with van der Waals surface area (Å²) in [6.45, 7) is 0. The Bertz CT molecular complexity index is 522. The zero-order chi connectivity index (χ0) is 11.7. The Labute approximate surface area is 102 Å². The molecule has 0 amide bonds. The largest absolute Gasteiger partial charge is 0.321 e. The molecule has 1 fully saturated rings. The number of hydrogen-bond donors (Lipinski definition) is 1. The van der Waals surface area contributed by atoms with Crippen molar-refractivity contribution in [3.05, 3.63) is 42.2 Å². The van der Waals surface area contributed by atoms with Gasteiger partial charge in [-0.25, -0.2) is 0 Å². The summed E-state index contributed by atoms with van der Waals surface area (Å²) in [5, 5.41) is 2.47. The van der Waals surface area contributed by atoms with Crippen LogP contribution in [0, 0.1) is 0 Å². The molecule has 3 rings (SSSR count). The SMILES string of the molecule is NC1(c2cccc3ccncc23)CCCCC1. The van der Waals surface area contributed by atoms with Gasteiger partial charge in [0.1, 0.15) is 0 Å². The van der Waals surface area contributed by atoms with Crippen molar-refractivity contribution in [3.63, 3.8) is 0 Å². The number of rotatable bonds is 1. The van der Waals surface area contributed by atoms with E-state index in [-0.39, 0.29) is 5.54 Å². The van der Waals surface area contributed by atoms with Crippen molar-refractivity contribution in [2.75, 3.05) is 0 Å². The lowest BCUT2D eigenvalue weighted by molar-refractivity contribution is 0.304. The van der Waals surface area contributed by atoms with Gasteiger partial charge in [-0.15, -0.1) is 0 Å². The molecule has 1 saturated carbocycles. The summed E-state index contributed by atoms with van der Waals surface area (Å²) in [5.41, 5.74) is 7.76. The lowest BCUT2D eigenvalue weighted by Crippen LogP contribution is -2.38. The Balaban J connectivity index is 2.16.